The Labute approximate surface area is 126 Å². The van der Waals surface area contributed by atoms with E-state index in [1.165, 1.54) is 4.70 Å². The number of fused-ring (bicyclic) bond motifs is 2. The van der Waals surface area contributed by atoms with Crippen molar-refractivity contribution in [2.24, 2.45) is 4.99 Å². The van der Waals surface area contributed by atoms with Crippen molar-refractivity contribution < 1.29 is 0 Å². The Morgan fingerprint density at radius 3 is 2.52 bits per heavy atom. The van der Waals surface area contributed by atoms with Crippen molar-refractivity contribution in [1.82, 2.24) is 4.98 Å². The molecule has 0 saturated heterocycles. The Balaban J connectivity index is 1.92. The van der Waals surface area contributed by atoms with Gasteiger partial charge in [-0.1, -0.05) is 30.3 Å². The fraction of sp³-hybridized carbons (Fsp3) is 0. The maximum atomic E-state index is 4.69. The second-order valence-electron chi connectivity index (χ2n) is 4.78. The molecular weight excluding hydrogens is 276 g/mol. The summed E-state index contributed by atoms with van der Waals surface area (Å²) in [5.41, 5.74) is 3.03. The van der Waals surface area contributed by atoms with Gasteiger partial charge < -0.3 is 0 Å². The zero-order chi connectivity index (χ0) is 14.1. The molecule has 2 aliphatic rings. The summed E-state index contributed by atoms with van der Waals surface area (Å²) in [7, 11) is 0. The van der Waals surface area contributed by atoms with Gasteiger partial charge in [-0.15, -0.1) is 11.3 Å². The molecule has 100 valence electrons. The normalized spacial score (nSPS) is 12.1. The summed E-state index contributed by atoms with van der Waals surface area (Å²) < 4.78 is 1.20. The van der Waals surface area contributed by atoms with Crippen molar-refractivity contribution in [3.8, 4) is 10.6 Å². The average Bonchev–Trinajstić information content (AvgIpc) is 2.54. The molecule has 0 N–H and O–H groups in total. The van der Waals surface area contributed by atoms with Gasteiger partial charge in [-0.2, -0.15) is 0 Å². The van der Waals surface area contributed by atoms with E-state index in [1.54, 1.807) is 11.3 Å². The van der Waals surface area contributed by atoms with Gasteiger partial charge >= 0.3 is 0 Å². The summed E-state index contributed by atoms with van der Waals surface area (Å²) >= 11 is 1.75. The molecule has 2 aromatic carbocycles. The maximum Gasteiger partial charge on any atom is 0.0811 e. The van der Waals surface area contributed by atoms with E-state index in [1.807, 2.05) is 60.7 Å². The van der Waals surface area contributed by atoms with Crippen LogP contribution in [0.5, 0.6) is 0 Å². The lowest BCUT2D eigenvalue weighted by Crippen LogP contribution is -2.00. The highest BCUT2D eigenvalue weighted by Crippen LogP contribution is 2.29. The molecule has 0 saturated carbocycles. The minimum atomic E-state index is 0.960. The van der Waals surface area contributed by atoms with Crippen LogP contribution in [0.3, 0.4) is 0 Å². The van der Waals surface area contributed by atoms with E-state index >= 15 is 0 Å². The van der Waals surface area contributed by atoms with Crippen LogP contribution >= 0.6 is 11.3 Å². The molecular formula is C18H12N2S. The minimum Gasteiger partial charge on any atom is -0.249 e. The molecule has 0 spiro atoms. The molecule has 1 aliphatic heterocycles. The van der Waals surface area contributed by atoms with Crippen LogP contribution in [-0.4, -0.2) is 4.98 Å². The molecule has 0 radical (unpaired) electrons. The third-order valence-electron chi connectivity index (χ3n) is 3.28. The fourth-order valence-corrected chi connectivity index (χ4v) is 3.28. The van der Waals surface area contributed by atoms with Gasteiger partial charge in [-0.05, 0) is 42.5 Å². The van der Waals surface area contributed by atoms with Crippen LogP contribution in [-0.2, 0) is 0 Å². The zero-order valence-corrected chi connectivity index (χ0v) is 12.0. The minimum absolute atomic E-state index is 0.960. The van der Waals surface area contributed by atoms with Crippen LogP contribution in [0.4, 0.5) is 5.69 Å². The van der Waals surface area contributed by atoms with E-state index in [0.717, 1.165) is 27.1 Å². The zero-order valence-electron chi connectivity index (χ0n) is 11.2. The van der Waals surface area contributed by atoms with Gasteiger partial charge in [0.15, 0.2) is 0 Å². The highest BCUT2D eigenvalue weighted by Gasteiger charge is 2.06. The Morgan fingerprint density at radius 2 is 1.62 bits per heavy atom. The lowest BCUT2D eigenvalue weighted by Gasteiger charge is -2.05. The van der Waals surface area contributed by atoms with E-state index < -0.39 is 0 Å². The predicted molar refractivity (Wildman–Crippen MR) is 87.9 cm³/mol. The first-order valence-corrected chi connectivity index (χ1v) is 7.60. The van der Waals surface area contributed by atoms with Crippen molar-refractivity contribution >= 4 is 27.2 Å². The van der Waals surface area contributed by atoms with Crippen LogP contribution in [0, 0.1) is 0 Å². The van der Waals surface area contributed by atoms with E-state index in [0.29, 0.717) is 0 Å². The van der Waals surface area contributed by atoms with Crippen LogP contribution in [0.25, 0.3) is 20.8 Å². The average molecular weight is 288 g/mol. The summed E-state index contributed by atoms with van der Waals surface area (Å²) in [6, 6.07) is 24.4. The molecule has 3 heteroatoms. The maximum absolute atomic E-state index is 4.69. The largest absolute Gasteiger partial charge is 0.249 e. The highest BCUT2D eigenvalue weighted by molar-refractivity contribution is 7.21. The predicted octanol–water partition coefficient (Wildman–Crippen LogP) is 4.63. The van der Waals surface area contributed by atoms with Gasteiger partial charge in [0.25, 0.3) is 0 Å². The van der Waals surface area contributed by atoms with Crippen LogP contribution < -0.4 is 5.36 Å². The molecule has 0 fully saturated rings. The van der Waals surface area contributed by atoms with Gasteiger partial charge in [0, 0.05) is 0 Å². The summed E-state index contributed by atoms with van der Waals surface area (Å²) in [5.74, 6) is 0. The first kappa shape index (κ1) is 12.2. The Hall–Kier alpha value is -2.52. The Bertz CT molecular complexity index is 942. The van der Waals surface area contributed by atoms with Gasteiger partial charge in [-0.25, -0.2) is 9.98 Å². The first-order chi connectivity index (χ1) is 10.4. The van der Waals surface area contributed by atoms with Crippen LogP contribution in [0.2, 0.25) is 0 Å². The molecule has 0 bridgehead atoms. The number of hydrogen-bond acceptors (Lipinski definition) is 3. The summed E-state index contributed by atoms with van der Waals surface area (Å²) in [5, 5.41) is 0.960. The monoisotopic (exact) mass is 288 g/mol. The second kappa shape index (κ2) is 5.11. The summed E-state index contributed by atoms with van der Waals surface area (Å²) in [6.07, 6.45) is 0. The molecule has 4 rings (SSSR count). The van der Waals surface area contributed by atoms with Gasteiger partial charge in [0.2, 0.25) is 0 Å². The molecule has 0 atom stereocenters. The smallest absolute Gasteiger partial charge is 0.0811 e. The van der Waals surface area contributed by atoms with E-state index in [4.69, 9.17) is 4.98 Å². The Morgan fingerprint density at radius 1 is 0.810 bits per heavy atom. The topological polar surface area (TPSA) is 25.2 Å². The van der Waals surface area contributed by atoms with E-state index in [2.05, 4.69) is 17.1 Å². The number of rotatable bonds is 1. The van der Waals surface area contributed by atoms with Crippen molar-refractivity contribution in [3.63, 3.8) is 0 Å². The molecule has 2 nitrogen and oxygen atoms in total. The fourth-order valence-electron chi connectivity index (χ4n) is 2.28. The first-order valence-electron chi connectivity index (χ1n) is 6.78. The second-order valence-corrected chi connectivity index (χ2v) is 5.86. The van der Waals surface area contributed by atoms with Gasteiger partial charge in [-0.3, -0.25) is 0 Å². The molecule has 1 heterocycles. The molecule has 2 aromatic rings. The number of hydrogen-bond donors (Lipinski definition) is 0. The molecule has 0 amide bonds. The van der Waals surface area contributed by atoms with Crippen molar-refractivity contribution in [2.45, 2.75) is 0 Å². The third kappa shape index (κ3) is 2.43. The number of nitrogens with zero attached hydrogens (tertiary/aromatic N) is 2. The van der Waals surface area contributed by atoms with Crippen LogP contribution in [0.15, 0.2) is 77.8 Å². The van der Waals surface area contributed by atoms with E-state index in [-0.39, 0.29) is 0 Å². The van der Waals surface area contributed by atoms with Crippen molar-refractivity contribution in [1.29, 1.82) is 0 Å². The highest BCUT2D eigenvalue weighted by atomic mass is 32.1. The molecule has 21 heavy (non-hydrogen) atoms. The van der Waals surface area contributed by atoms with Crippen molar-refractivity contribution in [3.05, 3.63) is 78.2 Å². The lowest BCUT2D eigenvalue weighted by molar-refractivity contribution is 1.32. The van der Waals surface area contributed by atoms with Crippen molar-refractivity contribution in [2.75, 3.05) is 0 Å². The summed E-state index contributed by atoms with van der Waals surface area (Å²) in [4.78, 5) is 10.5. The lowest BCUT2D eigenvalue weighted by atomic mass is 10.2. The number of benzene rings is 3. The number of para-hydroxylation sites is 2. The molecule has 0 aromatic heterocycles. The van der Waals surface area contributed by atoms with E-state index in [9.17, 15) is 0 Å². The summed E-state index contributed by atoms with van der Waals surface area (Å²) in [6.45, 7) is 0. The molecule has 1 aliphatic carbocycles. The molecule has 0 unspecified atom stereocenters. The van der Waals surface area contributed by atoms with Gasteiger partial charge in [0.1, 0.15) is 0 Å². The third-order valence-corrected chi connectivity index (χ3v) is 4.40. The van der Waals surface area contributed by atoms with Crippen LogP contribution in [0.1, 0.15) is 0 Å². The number of aromatic nitrogens is 1. The standard InChI is InChI=1S/C18H12N2S/c1-2-6-13(7-3-1)19-14-10-11-16-18(12-14)21-17-9-5-4-8-15(17)20-16/h1-12H. The van der Waals surface area contributed by atoms with Gasteiger partial charge in [0.05, 0.1) is 31.8 Å². The SMILES string of the molecule is c1ccc(N=c2ccc3nc4ccccc4sc-3c2)cc1. The quantitative estimate of drug-likeness (QED) is 0.469. The Kier molecular flexibility index (Phi) is 2.98.